The molecule has 0 saturated carbocycles. The van der Waals surface area contributed by atoms with Crippen LogP contribution in [0, 0.1) is 0 Å². The summed E-state index contributed by atoms with van der Waals surface area (Å²) < 4.78 is 5.51. The first-order valence-electron chi connectivity index (χ1n) is 6.03. The van der Waals surface area contributed by atoms with E-state index < -0.39 is 0 Å². The quantitative estimate of drug-likeness (QED) is 0.774. The number of aryl methyl sites for hydroxylation is 3. The molecule has 1 aliphatic carbocycles. The average molecular weight is 246 g/mol. The van der Waals surface area contributed by atoms with Gasteiger partial charge in [-0.3, -0.25) is 4.79 Å². The van der Waals surface area contributed by atoms with E-state index in [0.717, 1.165) is 29.9 Å². The molecular weight excluding hydrogens is 232 g/mol. The lowest BCUT2D eigenvalue weighted by molar-refractivity contribution is 0.101. The van der Waals surface area contributed by atoms with Crippen molar-refractivity contribution in [3.05, 3.63) is 45.0 Å². The summed E-state index contributed by atoms with van der Waals surface area (Å²) in [6.07, 6.45) is 4.31. The first kappa shape index (κ1) is 10.8. The van der Waals surface area contributed by atoms with Gasteiger partial charge in [0, 0.05) is 11.3 Å². The minimum Gasteiger partial charge on any atom is -0.458 e. The number of furan rings is 1. The van der Waals surface area contributed by atoms with Crippen molar-refractivity contribution in [2.24, 2.45) is 0 Å². The molecule has 0 aliphatic heterocycles. The Labute approximate surface area is 104 Å². The SMILES string of the molecule is CCc1ccc(C(=O)c2cc3c(s2)CCC3)o1. The molecule has 0 bridgehead atoms. The number of hydrogen-bond acceptors (Lipinski definition) is 3. The van der Waals surface area contributed by atoms with E-state index in [9.17, 15) is 4.79 Å². The Kier molecular flexibility index (Phi) is 2.63. The number of thiophene rings is 1. The lowest BCUT2D eigenvalue weighted by Crippen LogP contribution is -1.96. The van der Waals surface area contributed by atoms with E-state index in [-0.39, 0.29) is 5.78 Å². The smallest absolute Gasteiger partial charge is 0.238 e. The number of ketones is 1. The minimum atomic E-state index is 0.0316. The van der Waals surface area contributed by atoms with Gasteiger partial charge in [-0.1, -0.05) is 6.92 Å². The van der Waals surface area contributed by atoms with Crippen molar-refractivity contribution in [2.75, 3.05) is 0 Å². The zero-order chi connectivity index (χ0) is 11.8. The van der Waals surface area contributed by atoms with Gasteiger partial charge in [-0.15, -0.1) is 11.3 Å². The number of rotatable bonds is 3. The summed E-state index contributed by atoms with van der Waals surface area (Å²) in [5, 5.41) is 0. The Bertz CT molecular complexity index is 541. The summed E-state index contributed by atoms with van der Waals surface area (Å²) in [6.45, 7) is 2.02. The summed E-state index contributed by atoms with van der Waals surface area (Å²) in [4.78, 5) is 14.4. The molecule has 0 spiro atoms. The Morgan fingerprint density at radius 2 is 2.29 bits per heavy atom. The number of carbonyl (C=O) groups excluding carboxylic acids is 1. The molecule has 0 fully saturated rings. The van der Waals surface area contributed by atoms with Crippen LogP contribution in [0.2, 0.25) is 0 Å². The van der Waals surface area contributed by atoms with Gasteiger partial charge < -0.3 is 4.42 Å². The molecule has 17 heavy (non-hydrogen) atoms. The van der Waals surface area contributed by atoms with Gasteiger partial charge in [0.15, 0.2) is 5.76 Å². The highest BCUT2D eigenvalue weighted by atomic mass is 32.1. The monoisotopic (exact) mass is 246 g/mol. The van der Waals surface area contributed by atoms with Gasteiger partial charge in [-0.05, 0) is 43.0 Å². The number of fused-ring (bicyclic) bond motifs is 1. The molecule has 0 atom stereocenters. The molecule has 1 aliphatic rings. The van der Waals surface area contributed by atoms with Crippen molar-refractivity contribution in [3.63, 3.8) is 0 Å². The average Bonchev–Trinajstić information content (AvgIpc) is 3.02. The minimum absolute atomic E-state index is 0.0316. The molecule has 0 saturated heterocycles. The third kappa shape index (κ3) is 1.84. The summed E-state index contributed by atoms with van der Waals surface area (Å²) in [5.41, 5.74) is 1.36. The maximum Gasteiger partial charge on any atom is 0.238 e. The molecule has 2 aromatic rings. The largest absolute Gasteiger partial charge is 0.458 e. The molecule has 3 rings (SSSR count). The third-order valence-corrected chi connectivity index (χ3v) is 4.44. The van der Waals surface area contributed by atoms with Crippen molar-refractivity contribution in [1.29, 1.82) is 0 Å². The maximum atomic E-state index is 12.2. The van der Waals surface area contributed by atoms with E-state index >= 15 is 0 Å². The fourth-order valence-corrected chi connectivity index (χ4v) is 3.45. The first-order chi connectivity index (χ1) is 8.28. The van der Waals surface area contributed by atoms with Crippen molar-refractivity contribution < 1.29 is 9.21 Å². The lowest BCUT2D eigenvalue weighted by Gasteiger charge is -1.93. The zero-order valence-corrected chi connectivity index (χ0v) is 10.6. The highest BCUT2D eigenvalue weighted by Crippen LogP contribution is 2.32. The van der Waals surface area contributed by atoms with E-state index in [4.69, 9.17) is 4.42 Å². The fraction of sp³-hybridized carbons (Fsp3) is 0.357. The van der Waals surface area contributed by atoms with Gasteiger partial charge in [0.25, 0.3) is 0 Å². The van der Waals surface area contributed by atoms with Crippen LogP contribution in [0.5, 0.6) is 0 Å². The molecule has 0 amide bonds. The Morgan fingerprint density at radius 1 is 1.41 bits per heavy atom. The van der Waals surface area contributed by atoms with Crippen molar-refractivity contribution in [3.8, 4) is 0 Å². The van der Waals surface area contributed by atoms with Crippen molar-refractivity contribution in [1.82, 2.24) is 0 Å². The molecule has 0 N–H and O–H groups in total. The van der Waals surface area contributed by atoms with Crippen LogP contribution in [0.4, 0.5) is 0 Å². The molecule has 2 nitrogen and oxygen atoms in total. The van der Waals surface area contributed by atoms with Gasteiger partial charge in [0.2, 0.25) is 5.78 Å². The second-order valence-corrected chi connectivity index (χ2v) is 5.50. The molecule has 2 aromatic heterocycles. The summed E-state index contributed by atoms with van der Waals surface area (Å²) >= 11 is 1.63. The number of hydrogen-bond donors (Lipinski definition) is 0. The second kappa shape index (κ2) is 4.15. The van der Waals surface area contributed by atoms with Crippen LogP contribution < -0.4 is 0 Å². The van der Waals surface area contributed by atoms with Crippen LogP contribution in [0.1, 0.15) is 45.0 Å². The fourth-order valence-electron chi connectivity index (χ4n) is 2.25. The lowest BCUT2D eigenvalue weighted by atomic mass is 10.2. The van der Waals surface area contributed by atoms with Crippen LogP contribution in [-0.2, 0) is 19.3 Å². The van der Waals surface area contributed by atoms with Crippen LogP contribution >= 0.6 is 11.3 Å². The topological polar surface area (TPSA) is 30.2 Å². The van der Waals surface area contributed by atoms with Crippen LogP contribution in [0.25, 0.3) is 0 Å². The van der Waals surface area contributed by atoms with E-state index in [2.05, 4.69) is 0 Å². The molecule has 88 valence electrons. The molecule has 3 heteroatoms. The van der Waals surface area contributed by atoms with E-state index in [1.54, 1.807) is 17.4 Å². The normalized spacial score (nSPS) is 13.9. The van der Waals surface area contributed by atoms with E-state index in [1.807, 2.05) is 19.1 Å². The van der Waals surface area contributed by atoms with Crippen LogP contribution in [0.3, 0.4) is 0 Å². The van der Waals surface area contributed by atoms with E-state index in [1.165, 1.54) is 16.9 Å². The Balaban J connectivity index is 1.90. The zero-order valence-electron chi connectivity index (χ0n) is 9.79. The predicted octanol–water partition coefficient (Wildman–Crippen LogP) is 3.62. The van der Waals surface area contributed by atoms with Crippen molar-refractivity contribution in [2.45, 2.75) is 32.6 Å². The van der Waals surface area contributed by atoms with Gasteiger partial charge in [0.05, 0.1) is 4.88 Å². The first-order valence-corrected chi connectivity index (χ1v) is 6.84. The number of carbonyl (C=O) groups is 1. The highest BCUT2D eigenvalue weighted by Gasteiger charge is 2.21. The molecule has 2 heterocycles. The second-order valence-electron chi connectivity index (χ2n) is 4.36. The van der Waals surface area contributed by atoms with Crippen molar-refractivity contribution >= 4 is 17.1 Å². The van der Waals surface area contributed by atoms with Gasteiger partial charge >= 0.3 is 0 Å². The van der Waals surface area contributed by atoms with Gasteiger partial charge in [-0.2, -0.15) is 0 Å². The van der Waals surface area contributed by atoms with E-state index in [0.29, 0.717) is 5.76 Å². The van der Waals surface area contributed by atoms with Crippen LogP contribution in [0.15, 0.2) is 22.6 Å². The summed E-state index contributed by atoms with van der Waals surface area (Å²) in [7, 11) is 0. The summed E-state index contributed by atoms with van der Waals surface area (Å²) in [6, 6.07) is 5.71. The van der Waals surface area contributed by atoms with Crippen LogP contribution in [-0.4, -0.2) is 5.78 Å². The predicted molar refractivity (Wildman–Crippen MR) is 67.9 cm³/mol. The molecule has 0 aromatic carbocycles. The Hall–Kier alpha value is -1.35. The molecule has 0 unspecified atom stereocenters. The standard InChI is InChI=1S/C14H14O2S/c1-2-10-6-7-11(16-10)14(15)13-8-9-4-3-5-12(9)17-13/h6-8H,2-5H2,1H3. The third-order valence-electron chi connectivity index (χ3n) is 3.20. The maximum absolute atomic E-state index is 12.2. The molecular formula is C14H14O2S. The summed E-state index contributed by atoms with van der Waals surface area (Å²) in [5.74, 6) is 1.38. The Morgan fingerprint density at radius 3 is 3.00 bits per heavy atom. The van der Waals surface area contributed by atoms with Gasteiger partial charge in [-0.25, -0.2) is 0 Å². The molecule has 0 radical (unpaired) electrons. The highest BCUT2D eigenvalue weighted by molar-refractivity contribution is 7.14. The van der Waals surface area contributed by atoms with Gasteiger partial charge in [0.1, 0.15) is 5.76 Å².